The molecule has 8 nitrogen and oxygen atoms in total. The number of urea groups is 1. The van der Waals surface area contributed by atoms with Crippen molar-refractivity contribution >= 4 is 40.7 Å². The summed E-state index contributed by atoms with van der Waals surface area (Å²) in [6, 6.07) is 32.8. The van der Waals surface area contributed by atoms with Crippen molar-refractivity contribution in [2.24, 2.45) is 5.10 Å². The molecule has 1 N–H and O–H groups in total. The van der Waals surface area contributed by atoms with Crippen LogP contribution in [0.25, 0.3) is 5.69 Å². The van der Waals surface area contributed by atoms with Gasteiger partial charge < -0.3 is 5.32 Å². The minimum Gasteiger partial charge on any atom is -0.308 e. The highest BCUT2D eigenvalue weighted by Gasteiger charge is 2.26. The minimum absolute atomic E-state index is 0.223. The lowest BCUT2D eigenvalue weighted by Crippen LogP contribution is -2.31. The maximum Gasteiger partial charge on any atom is 0.326 e. The molecule has 0 saturated heterocycles. The molecule has 1 aliphatic rings. The highest BCUT2D eigenvalue weighted by Crippen LogP contribution is 2.31. The quantitative estimate of drug-likeness (QED) is 0.266. The molecular formula is C31H26ClN7O. The van der Waals surface area contributed by atoms with E-state index in [0.29, 0.717) is 23.2 Å². The van der Waals surface area contributed by atoms with Crippen molar-refractivity contribution in [3.8, 4) is 5.69 Å². The van der Waals surface area contributed by atoms with Gasteiger partial charge in [-0.1, -0.05) is 72.3 Å². The lowest BCUT2D eigenvalue weighted by Gasteiger charge is -2.19. The Kier molecular flexibility index (Phi) is 6.76. The summed E-state index contributed by atoms with van der Waals surface area (Å²) >= 11 is 6.13. The van der Waals surface area contributed by atoms with Crippen molar-refractivity contribution in [1.29, 1.82) is 0 Å². The van der Waals surface area contributed by atoms with Gasteiger partial charge in [-0.25, -0.2) is 9.80 Å². The summed E-state index contributed by atoms with van der Waals surface area (Å²) < 4.78 is 2.02. The molecule has 0 atom stereocenters. The van der Waals surface area contributed by atoms with E-state index in [1.807, 2.05) is 120 Å². The van der Waals surface area contributed by atoms with E-state index in [2.05, 4.69) is 15.5 Å². The third-order valence-electron chi connectivity index (χ3n) is 6.76. The predicted molar refractivity (Wildman–Crippen MR) is 160 cm³/mol. The standard InChI is InChI=1S/C31H26ClN7O/c1-21-34-35-30-38(20-22-12-16-24(32)17-13-22)36-29(27-10-6-7-11-28(27)39(21)30)23-14-18-25(19-15-23)33-31(40)37(2)26-8-4-3-5-9-26/h3-19H,20H2,1-2H3,(H,33,40). The van der Waals surface area contributed by atoms with Crippen molar-refractivity contribution in [2.45, 2.75) is 13.5 Å². The van der Waals surface area contributed by atoms with Crippen LogP contribution in [0.15, 0.2) is 108 Å². The van der Waals surface area contributed by atoms with E-state index in [4.69, 9.17) is 16.7 Å². The molecule has 2 heterocycles. The van der Waals surface area contributed by atoms with Crippen molar-refractivity contribution < 1.29 is 4.79 Å². The Morgan fingerprint density at radius 3 is 2.33 bits per heavy atom. The lowest BCUT2D eigenvalue weighted by atomic mass is 10.0. The Hall–Kier alpha value is -4.95. The number of aryl methyl sites for hydroxylation is 1. The Balaban J connectivity index is 1.35. The van der Waals surface area contributed by atoms with E-state index in [-0.39, 0.29) is 6.03 Å². The molecule has 2 amide bonds. The monoisotopic (exact) mass is 547 g/mol. The summed E-state index contributed by atoms with van der Waals surface area (Å²) in [6.07, 6.45) is 0. The molecule has 5 aromatic rings. The Morgan fingerprint density at radius 1 is 0.875 bits per heavy atom. The number of carbonyl (C=O) groups is 1. The molecular weight excluding hydrogens is 522 g/mol. The number of anilines is 3. The first-order valence-corrected chi connectivity index (χ1v) is 13.2. The topological polar surface area (TPSA) is 78.6 Å². The van der Waals surface area contributed by atoms with Gasteiger partial charge >= 0.3 is 6.03 Å². The summed E-state index contributed by atoms with van der Waals surface area (Å²) in [5.74, 6) is 1.39. The molecule has 0 aliphatic carbocycles. The summed E-state index contributed by atoms with van der Waals surface area (Å²) in [7, 11) is 1.74. The van der Waals surface area contributed by atoms with Crippen molar-refractivity contribution in [1.82, 2.24) is 14.8 Å². The van der Waals surface area contributed by atoms with Gasteiger partial charge in [0.25, 0.3) is 5.95 Å². The van der Waals surface area contributed by atoms with E-state index in [1.165, 1.54) is 0 Å². The number of fused-ring (bicyclic) bond motifs is 3. The number of para-hydroxylation sites is 2. The number of hydrazone groups is 1. The number of carbonyl (C=O) groups excluding carboxylic acids is 1. The third-order valence-corrected chi connectivity index (χ3v) is 7.01. The van der Waals surface area contributed by atoms with Crippen LogP contribution in [0, 0.1) is 6.92 Å². The van der Waals surface area contributed by atoms with Gasteiger partial charge in [0.15, 0.2) is 0 Å². The number of nitrogens with zero attached hydrogens (tertiary/aromatic N) is 6. The molecule has 4 aromatic carbocycles. The van der Waals surface area contributed by atoms with Crippen molar-refractivity contribution in [3.63, 3.8) is 0 Å². The zero-order valence-corrected chi connectivity index (χ0v) is 22.7. The number of amides is 2. The number of nitrogens with one attached hydrogen (secondary N) is 1. The molecule has 6 rings (SSSR count). The van der Waals surface area contributed by atoms with Crippen molar-refractivity contribution in [2.75, 3.05) is 22.3 Å². The normalized spacial score (nSPS) is 12.2. The Labute approximate surface area is 237 Å². The van der Waals surface area contributed by atoms with Crippen LogP contribution >= 0.6 is 11.6 Å². The van der Waals surface area contributed by atoms with Crippen molar-refractivity contribution in [3.05, 3.63) is 131 Å². The van der Waals surface area contributed by atoms with Crippen LogP contribution in [0.5, 0.6) is 0 Å². The smallest absolute Gasteiger partial charge is 0.308 e. The van der Waals surface area contributed by atoms with Crippen LogP contribution in [0.3, 0.4) is 0 Å². The fourth-order valence-electron chi connectivity index (χ4n) is 4.66. The number of hydrogen-bond donors (Lipinski definition) is 1. The molecule has 0 saturated carbocycles. The minimum atomic E-state index is -0.223. The van der Waals surface area contributed by atoms with Gasteiger partial charge in [-0.2, -0.15) is 5.10 Å². The first kappa shape index (κ1) is 25.3. The third kappa shape index (κ3) is 4.92. The molecule has 0 bridgehead atoms. The zero-order chi connectivity index (χ0) is 27.6. The summed E-state index contributed by atoms with van der Waals surface area (Å²) in [6.45, 7) is 2.41. The van der Waals surface area contributed by atoms with Gasteiger partial charge in [-0.05, 0) is 55.0 Å². The van der Waals surface area contributed by atoms with Gasteiger partial charge in [-0.3, -0.25) is 9.47 Å². The molecule has 0 fully saturated rings. The number of benzene rings is 4. The largest absolute Gasteiger partial charge is 0.326 e. The lowest BCUT2D eigenvalue weighted by molar-refractivity contribution is 0.258. The highest BCUT2D eigenvalue weighted by molar-refractivity contribution is 6.30. The predicted octanol–water partition coefficient (Wildman–Crippen LogP) is 6.67. The van der Waals surface area contributed by atoms with Crippen LogP contribution in [-0.2, 0) is 6.54 Å². The number of halogens is 1. The first-order valence-electron chi connectivity index (χ1n) is 12.8. The van der Waals surface area contributed by atoms with Crippen LogP contribution in [0.1, 0.15) is 22.5 Å². The molecule has 1 aromatic heterocycles. The second-order valence-electron chi connectivity index (χ2n) is 9.43. The zero-order valence-electron chi connectivity index (χ0n) is 22.0. The summed E-state index contributed by atoms with van der Waals surface area (Å²) in [5, 5.41) is 19.5. The SMILES string of the molecule is Cc1nnc2n1-c1ccccc1C(c1ccc(NC(=O)N(C)c3ccccc3)cc1)=NN2Cc1ccc(Cl)cc1. The molecule has 1 aliphatic heterocycles. The van der Waals surface area contributed by atoms with E-state index in [1.54, 1.807) is 11.9 Å². The maximum atomic E-state index is 12.8. The van der Waals surface area contributed by atoms with E-state index >= 15 is 0 Å². The van der Waals surface area contributed by atoms with Crippen LogP contribution in [0.2, 0.25) is 5.02 Å². The average molecular weight is 548 g/mol. The van der Waals surface area contributed by atoms with Crippen LogP contribution < -0.4 is 15.2 Å². The Bertz CT molecular complexity index is 1700. The van der Waals surface area contributed by atoms with Gasteiger partial charge in [0.1, 0.15) is 11.5 Å². The fourth-order valence-corrected chi connectivity index (χ4v) is 4.78. The second kappa shape index (κ2) is 10.7. The second-order valence-corrected chi connectivity index (χ2v) is 9.87. The summed E-state index contributed by atoms with van der Waals surface area (Å²) in [5.41, 5.74) is 6.11. The first-order chi connectivity index (χ1) is 19.5. The number of hydrogen-bond acceptors (Lipinski definition) is 5. The molecule has 0 radical (unpaired) electrons. The van der Waals surface area contributed by atoms with E-state index in [0.717, 1.165) is 39.6 Å². The highest BCUT2D eigenvalue weighted by atomic mass is 35.5. The molecule has 0 unspecified atom stereocenters. The average Bonchev–Trinajstić information content (AvgIpc) is 3.31. The van der Waals surface area contributed by atoms with Gasteiger partial charge in [0, 0.05) is 34.6 Å². The van der Waals surface area contributed by atoms with Crippen LogP contribution in [-0.4, -0.2) is 33.6 Å². The molecule has 40 heavy (non-hydrogen) atoms. The fraction of sp³-hybridized carbons (Fsp3) is 0.0968. The summed E-state index contributed by atoms with van der Waals surface area (Å²) in [4.78, 5) is 14.4. The van der Waals surface area contributed by atoms with Crippen LogP contribution in [0.4, 0.5) is 22.1 Å². The maximum absolute atomic E-state index is 12.8. The number of rotatable bonds is 5. The molecule has 0 spiro atoms. The van der Waals surface area contributed by atoms with Gasteiger partial charge in [0.05, 0.1) is 12.2 Å². The number of aromatic nitrogens is 3. The Morgan fingerprint density at radius 2 is 1.57 bits per heavy atom. The van der Waals surface area contributed by atoms with Gasteiger partial charge in [-0.15, -0.1) is 10.2 Å². The van der Waals surface area contributed by atoms with E-state index < -0.39 is 0 Å². The van der Waals surface area contributed by atoms with E-state index in [9.17, 15) is 4.79 Å². The van der Waals surface area contributed by atoms with Gasteiger partial charge in [0.2, 0.25) is 0 Å². The molecule has 198 valence electrons. The molecule has 9 heteroatoms.